The number of nitrogens with one attached hydrogen (secondary N) is 1. The summed E-state index contributed by atoms with van der Waals surface area (Å²) in [6.07, 6.45) is 2.57. The lowest BCUT2D eigenvalue weighted by atomic mass is 10.1. The maximum atomic E-state index is 6.06. The largest absolute Gasteiger partial charge is 0.469 e. The Kier molecular flexibility index (Phi) is 3.65. The topological polar surface area (TPSA) is 64.1 Å². The molecule has 4 nitrogen and oxygen atoms in total. The van der Waals surface area contributed by atoms with E-state index in [9.17, 15) is 0 Å². The van der Waals surface area contributed by atoms with Gasteiger partial charge in [-0.1, -0.05) is 18.2 Å². The highest BCUT2D eigenvalue weighted by Gasteiger charge is 2.03. The molecule has 0 radical (unpaired) electrons. The average Bonchev–Trinajstić information content (AvgIpc) is 2.97. The van der Waals surface area contributed by atoms with E-state index >= 15 is 0 Å². The van der Waals surface area contributed by atoms with Gasteiger partial charge in [0, 0.05) is 30.6 Å². The van der Waals surface area contributed by atoms with E-state index in [2.05, 4.69) is 10.3 Å². The molecule has 102 valence electrons. The third kappa shape index (κ3) is 2.81. The number of benzene rings is 1. The zero-order chi connectivity index (χ0) is 13.8. The number of nitrogens with two attached hydrogens (primary N) is 1. The molecule has 2 aromatic heterocycles. The highest BCUT2D eigenvalue weighted by Crippen LogP contribution is 2.19. The first kappa shape index (κ1) is 12.7. The van der Waals surface area contributed by atoms with Gasteiger partial charge in [-0.25, -0.2) is 0 Å². The highest BCUT2D eigenvalue weighted by molar-refractivity contribution is 5.90. The summed E-state index contributed by atoms with van der Waals surface area (Å²) in [5.74, 6) is 0.989. The van der Waals surface area contributed by atoms with Crippen LogP contribution in [0.5, 0.6) is 0 Å². The Morgan fingerprint density at radius 1 is 1.15 bits per heavy atom. The molecule has 0 saturated heterocycles. The van der Waals surface area contributed by atoms with Crippen LogP contribution in [-0.4, -0.2) is 11.5 Å². The zero-order valence-electron chi connectivity index (χ0n) is 11.2. The number of nitrogens with zero attached hydrogens (tertiary/aromatic N) is 1. The van der Waals surface area contributed by atoms with Crippen LogP contribution in [0.1, 0.15) is 11.5 Å². The zero-order valence-corrected chi connectivity index (χ0v) is 11.2. The Bertz CT molecular complexity index is 692. The summed E-state index contributed by atoms with van der Waals surface area (Å²) in [5, 5.41) is 4.36. The van der Waals surface area contributed by atoms with Crippen molar-refractivity contribution >= 4 is 16.6 Å². The molecule has 0 aliphatic rings. The van der Waals surface area contributed by atoms with E-state index in [0.29, 0.717) is 6.54 Å². The molecule has 1 aromatic carbocycles. The van der Waals surface area contributed by atoms with Gasteiger partial charge in [0.1, 0.15) is 5.76 Å². The smallest absolute Gasteiger partial charge is 0.105 e. The van der Waals surface area contributed by atoms with Crippen molar-refractivity contribution in [1.29, 1.82) is 0 Å². The van der Waals surface area contributed by atoms with Gasteiger partial charge in [0.25, 0.3) is 0 Å². The molecule has 3 rings (SSSR count). The van der Waals surface area contributed by atoms with Crippen molar-refractivity contribution in [2.75, 3.05) is 12.3 Å². The van der Waals surface area contributed by atoms with Crippen molar-refractivity contribution in [1.82, 2.24) is 10.3 Å². The minimum atomic E-state index is 0.704. The van der Waals surface area contributed by atoms with Gasteiger partial charge in [0.2, 0.25) is 0 Å². The number of pyridine rings is 1. The second-order valence-corrected chi connectivity index (χ2v) is 4.73. The maximum absolute atomic E-state index is 6.06. The Labute approximate surface area is 117 Å². The molecule has 0 spiro atoms. The van der Waals surface area contributed by atoms with Gasteiger partial charge in [-0.2, -0.15) is 0 Å². The minimum absolute atomic E-state index is 0.704. The van der Waals surface area contributed by atoms with Crippen LogP contribution in [0.3, 0.4) is 0 Å². The quantitative estimate of drug-likeness (QED) is 0.698. The molecule has 0 atom stereocenters. The highest BCUT2D eigenvalue weighted by atomic mass is 16.3. The van der Waals surface area contributed by atoms with E-state index in [1.54, 1.807) is 6.26 Å². The van der Waals surface area contributed by atoms with Gasteiger partial charge in [-0.3, -0.25) is 4.98 Å². The SMILES string of the molecule is Nc1cc(CNCCc2ccco2)nc2ccccc12. The molecule has 3 aromatic rings. The molecule has 0 bridgehead atoms. The molecule has 3 N–H and O–H groups in total. The Morgan fingerprint density at radius 3 is 2.90 bits per heavy atom. The van der Waals surface area contributed by atoms with Crippen LogP contribution >= 0.6 is 0 Å². The molecule has 0 saturated carbocycles. The predicted octanol–water partition coefficient (Wildman–Crippen LogP) is 2.74. The summed E-state index contributed by atoms with van der Waals surface area (Å²) in [7, 11) is 0. The Morgan fingerprint density at radius 2 is 2.05 bits per heavy atom. The summed E-state index contributed by atoms with van der Waals surface area (Å²) in [6, 6.07) is 13.7. The lowest BCUT2D eigenvalue weighted by Gasteiger charge is -2.07. The van der Waals surface area contributed by atoms with E-state index in [-0.39, 0.29) is 0 Å². The molecule has 0 aliphatic heterocycles. The molecule has 0 amide bonds. The van der Waals surface area contributed by atoms with Gasteiger partial charge in [0.15, 0.2) is 0 Å². The number of anilines is 1. The fraction of sp³-hybridized carbons (Fsp3) is 0.188. The third-order valence-corrected chi connectivity index (χ3v) is 3.24. The second-order valence-electron chi connectivity index (χ2n) is 4.73. The molecular weight excluding hydrogens is 250 g/mol. The number of para-hydroxylation sites is 1. The summed E-state index contributed by atoms with van der Waals surface area (Å²) >= 11 is 0. The molecule has 20 heavy (non-hydrogen) atoms. The predicted molar refractivity (Wildman–Crippen MR) is 80.3 cm³/mol. The number of rotatable bonds is 5. The van der Waals surface area contributed by atoms with Crippen LogP contribution in [0.15, 0.2) is 53.1 Å². The van der Waals surface area contributed by atoms with Crippen LogP contribution in [0.2, 0.25) is 0 Å². The maximum Gasteiger partial charge on any atom is 0.105 e. The number of nitrogen functional groups attached to an aromatic ring is 1. The van der Waals surface area contributed by atoms with Crippen molar-refractivity contribution in [3.05, 3.63) is 60.2 Å². The fourth-order valence-electron chi connectivity index (χ4n) is 2.23. The van der Waals surface area contributed by atoms with Crippen molar-refractivity contribution in [2.24, 2.45) is 0 Å². The molecule has 4 heteroatoms. The van der Waals surface area contributed by atoms with Crippen LogP contribution in [-0.2, 0) is 13.0 Å². The van der Waals surface area contributed by atoms with Crippen molar-refractivity contribution < 1.29 is 4.42 Å². The number of furan rings is 1. The summed E-state index contributed by atoms with van der Waals surface area (Å²) in [4.78, 5) is 4.60. The molecule has 0 fully saturated rings. The lowest BCUT2D eigenvalue weighted by Crippen LogP contribution is -2.17. The van der Waals surface area contributed by atoms with Crippen LogP contribution in [0, 0.1) is 0 Å². The molecular formula is C16H17N3O. The van der Waals surface area contributed by atoms with Crippen molar-refractivity contribution in [3.8, 4) is 0 Å². The number of aromatic nitrogens is 1. The van der Waals surface area contributed by atoms with E-state index in [1.807, 2.05) is 42.5 Å². The van der Waals surface area contributed by atoms with Gasteiger partial charge in [-0.05, 0) is 24.3 Å². The first-order valence-electron chi connectivity index (χ1n) is 6.70. The normalized spacial score (nSPS) is 11.0. The van der Waals surface area contributed by atoms with Crippen LogP contribution in [0.25, 0.3) is 10.9 Å². The lowest BCUT2D eigenvalue weighted by molar-refractivity contribution is 0.498. The van der Waals surface area contributed by atoms with E-state index in [1.165, 1.54) is 0 Å². The van der Waals surface area contributed by atoms with Gasteiger partial charge < -0.3 is 15.5 Å². The van der Waals surface area contributed by atoms with Crippen molar-refractivity contribution in [3.63, 3.8) is 0 Å². The Hall–Kier alpha value is -2.33. The van der Waals surface area contributed by atoms with E-state index < -0.39 is 0 Å². The summed E-state index contributed by atoms with van der Waals surface area (Å²) in [6.45, 7) is 1.55. The summed E-state index contributed by atoms with van der Waals surface area (Å²) < 4.78 is 5.29. The number of fused-ring (bicyclic) bond motifs is 1. The van der Waals surface area contributed by atoms with Gasteiger partial charge in [-0.15, -0.1) is 0 Å². The first-order chi connectivity index (χ1) is 9.83. The van der Waals surface area contributed by atoms with E-state index in [0.717, 1.165) is 41.0 Å². The molecule has 0 aliphatic carbocycles. The second kappa shape index (κ2) is 5.75. The van der Waals surface area contributed by atoms with E-state index in [4.69, 9.17) is 10.2 Å². The Balaban J connectivity index is 1.63. The van der Waals surface area contributed by atoms with Gasteiger partial charge >= 0.3 is 0 Å². The molecule has 0 unspecified atom stereocenters. The molecule has 2 heterocycles. The number of hydrogen-bond acceptors (Lipinski definition) is 4. The standard InChI is InChI=1S/C16H17N3O/c17-15-10-12(19-16-6-2-1-5-14(15)16)11-18-8-7-13-4-3-9-20-13/h1-6,9-10,18H,7-8,11H2,(H2,17,19). The van der Waals surface area contributed by atoms with Crippen LogP contribution < -0.4 is 11.1 Å². The third-order valence-electron chi connectivity index (χ3n) is 3.24. The fourth-order valence-corrected chi connectivity index (χ4v) is 2.23. The first-order valence-corrected chi connectivity index (χ1v) is 6.70. The van der Waals surface area contributed by atoms with Crippen LogP contribution in [0.4, 0.5) is 5.69 Å². The number of hydrogen-bond donors (Lipinski definition) is 2. The average molecular weight is 267 g/mol. The monoisotopic (exact) mass is 267 g/mol. The van der Waals surface area contributed by atoms with Crippen molar-refractivity contribution in [2.45, 2.75) is 13.0 Å². The summed E-state index contributed by atoms with van der Waals surface area (Å²) in [5.41, 5.74) is 8.73. The van der Waals surface area contributed by atoms with Gasteiger partial charge in [0.05, 0.1) is 17.5 Å². The minimum Gasteiger partial charge on any atom is -0.469 e.